The number of aryl methyl sites for hydroxylation is 1. The van der Waals surface area contributed by atoms with Crippen molar-refractivity contribution in [3.8, 4) is 28.6 Å². The molecule has 1 aromatic heterocycles. The fourth-order valence-corrected chi connectivity index (χ4v) is 3.21. The number of methoxy groups -OCH3 is 3. The van der Waals surface area contributed by atoms with Gasteiger partial charge in [0.05, 0.1) is 27.0 Å². The molecule has 0 bridgehead atoms. The summed E-state index contributed by atoms with van der Waals surface area (Å²) in [6.45, 7) is 1.94. The number of benzene rings is 2. The van der Waals surface area contributed by atoms with Crippen LogP contribution in [0.15, 0.2) is 40.9 Å². The van der Waals surface area contributed by atoms with Gasteiger partial charge >= 0.3 is 0 Å². The molecule has 0 fully saturated rings. The summed E-state index contributed by atoms with van der Waals surface area (Å²) in [6, 6.07) is 9.40. The average Bonchev–Trinajstić information content (AvgIpc) is 3.13. The molecule has 30 heavy (non-hydrogen) atoms. The van der Waals surface area contributed by atoms with Crippen LogP contribution in [-0.4, -0.2) is 44.3 Å². The van der Waals surface area contributed by atoms with Crippen molar-refractivity contribution in [2.75, 3.05) is 28.4 Å². The van der Waals surface area contributed by atoms with Gasteiger partial charge in [-0.25, -0.2) is 4.39 Å². The summed E-state index contributed by atoms with van der Waals surface area (Å²) >= 11 is 0. The summed E-state index contributed by atoms with van der Waals surface area (Å²) in [6.07, 6.45) is 0. The largest absolute Gasteiger partial charge is 0.493 e. The zero-order chi connectivity index (χ0) is 21.8. The Kier molecular flexibility index (Phi) is 6.25. The van der Waals surface area contributed by atoms with E-state index in [1.807, 2.05) is 0 Å². The Hall–Kier alpha value is -3.55. The summed E-state index contributed by atoms with van der Waals surface area (Å²) in [5.41, 5.74) is 1.94. The van der Waals surface area contributed by atoms with Crippen LogP contribution in [0, 0.1) is 12.7 Å². The second-order valence-electron chi connectivity index (χ2n) is 6.68. The molecule has 0 saturated carbocycles. The molecule has 0 aliphatic carbocycles. The number of ether oxygens (including phenoxy) is 3. The highest BCUT2D eigenvalue weighted by Gasteiger charge is 2.25. The van der Waals surface area contributed by atoms with Crippen molar-refractivity contribution in [2.45, 2.75) is 13.5 Å². The molecule has 0 atom stereocenters. The molecular formula is C22H23FN2O5. The Morgan fingerprint density at radius 3 is 2.33 bits per heavy atom. The fourth-order valence-electron chi connectivity index (χ4n) is 3.21. The third-order valence-electron chi connectivity index (χ3n) is 4.65. The highest BCUT2D eigenvalue weighted by Crippen LogP contribution is 2.38. The van der Waals surface area contributed by atoms with Crippen LogP contribution in [0.5, 0.6) is 17.2 Å². The van der Waals surface area contributed by atoms with E-state index in [9.17, 15) is 9.18 Å². The Morgan fingerprint density at radius 2 is 1.77 bits per heavy atom. The summed E-state index contributed by atoms with van der Waals surface area (Å²) in [4.78, 5) is 14.7. The minimum atomic E-state index is -0.425. The first kappa shape index (κ1) is 21.2. The van der Waals surface area contributed by atoms with E-state index in [2.05, 4.69) is 5.16 Å². The second kappa shape index (κ2) is 8.86. The zero-order valence-electron chi connectivity index (χ0n) is 17.5. The number of hydrogen-bond acceptors (Lipinski definition) is 6. The number of nitrogens with zero attached hydrogens (tertiary/aromatic N) is 2. The first-order chi connectivity index (χ1) is 14.4. The molecule has 0 N–H and O–H groups in total. The van der Waals surface area contributed by atoms with Crippen LogP contribution in [0.25, 0.3) is 11.3 Å². The third kappa shape index (κ3) is 4.07. The maximum atomic E-state index is 13.7. The SMILES string of the molecule is COc1cc(CN(C)C(=O)c2c(C)noc2-c2cccc(F)c2)cc(OC)c1OC. The van der Waals surface area contributed by atoms with E-state index < -0.39 is 5.82 Å². The van der Waals surface area contributed by atoms with E-state index in [-0.39, 0.29) is 23.8 Å². The van der Waals surface area contributed by atoms with Gasteiger partial charge in [0.25, 0.3) is 5.91 Å². The van der Waals surface area contributed by atoms with Crippen molar-refractivity contribution in [2.24, 2.45) is 0 Å². The molecule has 0 aliphatic heterocycles. The van der Waals surface area contributed by atoms with Gasteiger partial charge in [-0.2, -0.15) is 0 Å². The minimum absolute atomic E-state index is 0.230. The molecule has 0 aliphatic rings. The standard InChI is InChI=1S/C22H23FN2O5/c1-13-19(20(30-24-13)15-7-6-8-16(23)11-15)22(26)25(2)12-14-9-17(27-3)21(29-5)18(10-14)28-4/h6-11H,12H2,1-5H3. The van der Waals surface area contributed by atoms with Crippen molar-refractivity contribution in [1.29, 1.82) is 0 Å². The number of amides is 1. The molecule has 8 heteroatoms. The summed E-state index contributed by atoms with van der Waals surface area (Å²) in [7, 11) is 6.25. The number of rotatable bonds is 7. The molecule has 0 radical (unpaired) electrons. The molecule has 3 aromatic rings. The number of aromatic nitrogens is 1. The van der Waals surface area contributed by atoms with E-state index in [0.29, 0.717) is 28.5 Å². The highest BCUT2D eigenvalue weighted by atomic mass is 19.1. The maximum Gasteiger partial charge on any atom is 0.259 e. The highest BCUT2D eigenvalue weighted by molar-refractivity contribution is 6.00. The number of hydrogen-bond donors (Lipinski definition) is 0. The topological polar surface area (TPSA) is 74.0 Å². The monoisotopic (exact) mass is 414 g/mol. The Balaban J connectivity index is 1.92. The Morgan fingerprint density at radius 1 is 1.10 bits per heavy atom. The Labute approximate surface area is 173 Å². The van der Waals surface area contributed by atoms with E-state index in [1.165, 1.54) is 38.4 Å². The first-order valence-electron chi connectivity index (χ1n) is 9.16. The van der Waals surface area contributed by atoms with Gasteiger partial charge in [0.15, 0.2) is 17.3 Å². The van der Waals surface area contributed by atoms with Crippen LogP contribution < -0.4 is 14.2 Å². The lowest BCUT2D eigenvalue weighted by molar-refractivity contribution is 0.0784. The molecule has 0 spiro atoms. The fraction of sp³-hybridized carbons (Fsp3) is 0.273. The van der Waals surface area contributed by atoms with E-state index >= 15 is 0 Å². The summed E-state index contributed by atoms with van der Waals surface area (Å²) in [5.74, 6) is 0.964. The quantitative estimate of drug-likeness (QED) is 0.580. The van der Waals surface area contributed by atoms with Crippen LogP contribution in [-0.2, 0) is 6.54 Å². The van der Waals surface area contributed by atoms with E-state index in [1.54, 1.807) is 38.2 Å². The lowest BCUT2D eigenvalue weighted by Crippen LogP contribution is -2.27. The van der Waals surface area contributed by atoms with Gasteiger partial charge in [-0.05, 0) is 36.8 Å². The van der Waals surface area contributed by atoms with Gasteiger partial charge < -0.3 is 23.6 Å². The summed E-state index contributed by atoms with van der Waals surface area (Å²) < 4.78 is 35.1. The van der Waals surface area contributed by atoms with Crippen LogP contribution >= 0.6 is 0 Å². The van der Waals surface area contributed by atoms with Gasteiger partial charge in [-0.1, -0.05) is 17.3 Å². The van der Waals surface area contributed by atoms with Gasteiger partial charge in [0.2, 0.25) is 5.75 Å². The predicted molar refractivity (Wildman–Crippen MR) is 109 cm³/mol. The maximum absolute atomic E-state index is 13.7. The van der Waals surface area contributed by atoms with Crippen LogP contribution in [0.4, 0.5) is 4.39 Å². The van der Waals surface area contributed by atoms with Crippen molar-refractivity contribution >= 4 is 5.91 Å². The molecule has 158 valence electrons. The van der Waals surface area contributed by atoms with Crippen LogP contribution in [0.2, 0.25) is 0 Å². The van der Waals surface area contributed by atoms with Gasteiger partial charge in [0.1, 0.15) is 11.4 Å². The minimum Gasteiger partial charge on any atom is -0.493 e. The van der Waals surface area contributed by atoms with Gasteiger partial charge in [-0.15, -0.1) is 0 Å². The van der Waals surface area contributed by atoms with Crippen molar-refractivity contribution in [3.05, 3.63) is 59.0 Å². The smallest absolute Gasteiger partial charge is 0.259 e. The van der Waals surface area contributed by atoms with Crippen LogP contribution in [0.1, 0.15) is 21.6 Å². The molecule has 7 nitrogen and oxygen atoms in total. The number of carbonyl (C=O) groups excluding carboxylic acids is 1. The molecular weight excluding hydrogens is 391 g/mol. The Bertz CT molecular complexity index is 1040. The normalized spacial score (nSPS) is 10.6. The lowest BCUT2D eigenvalue weighted by atomic mass is 10.1. The molecule has 2 aromatic carbocycles. The van der Waals surface area contributed by atoms with E-state index in [4.69, 9.17) is 18.7 Å². The third-order valence-corrected chi connectivity index (χ3v) is 4.65. The second-order valence-corrected chi connectivity index (χ2v) is 6.68. The molecule has 0 saturated heterocycles. The first-order valence-corrected chi connectivity index (χ1v) is 9.16. The number of carbonyl (C=O) groups is 1. The molecule has 3 rings (SSSR count). The lowest BCUT2D eigenvalue weighted by Gasteiger charge is -2.19. The predicted octanol–water partition coefficient (Wildman–Crippen LogP) is 4.09. The molecule has 1 heterocycles. The van der Waals surface area contributed by atoms with Crippen LogP contribution in [0.3, 0.4) is 0 Å². The summed E-state index contributed by atoms with van der Waals surface area (Å²) in [5, 5.41) is 3.91. The number of halogens is 1. The van der Waals surface area contributed by atoms with Gasteiger partial charge in [0, 0.05) is 19.2 Å². The van der Waals surface area contributed by atoms with Crippen molar-refractivity contribution < 1.29 is 27.9 Å². The van der Waals surface area contributed by atoms with Crippen molar-refractivity contribution in [3.63, 3.8) is 0 Å². The zero-order valence-corrected chi connectivity index (χ0v) is 17.5. The van der Waals surface area contributed by atoms with Gasteiger partial charge in [-0.3, -0.25) is 4.79 Å². The van der Waals surface area contributed by atoms with E-state index in [0.717, 1.165) is 5.56 Å². The van der Waals surface area contributed by atoms with Crippen molar-refractivity contribution in [1.82, 2.24) is 10.1 Å². The molecule has 0 unspecified atom stereocenters. The molecule has 1 amide bonds. The average molecular weight is 414 g/mol.